The maximum atomic E-state index is 12.4. The molecule has 0 atom stereocenters. The molecule has 0 fully saturated rings. The number of nitrogens with one attached hydrogen (secondary N) is 2. The smallest absolute Gasteiger partial charge is 0.289 e. The third-order valence-electron chi connectivity index (χ3n) is 3.94. The van der Waals surface area contributed by atoms with E-state index in [0.717, 1.165) is 16.7 Å². The molecule has 2 N–H and O–H groups in total. The largest absolute Gasteiger partial charge is 0.352 e. The van der Waals surface area contributed by atoms with E-state index in [0.29, 0.717) is 18.9 Å². The average Bonchev–Trinajstić information content (AvgIpc) is 2.63. The standard InChI is InChI=1S/C19H21N5O/c1-3-24-17(16-12-8-7-9-14(16)2)21-18(22-19(24)25)23-20-13-15-10-5-4-6-11-15/h4-12,20H,3,13H2,1-2H3,(H,22,23,25). The highest BCUT2D eigenvalue weighted by molar-refractivity contribution is 5.61. The lowest BCUT2D eigenvalue weighted by Crippen LogP contribution is -2.30. The Morgan fingerprint density at radius 3 is 2.44 bits per heavy atom. The van der Waals surface area contributed by atoms with Gasteiger partial charge in [-0.1, -0.05) is 54.6 Å². The monoisotopic (exact) mass is 335 g/mol. The summed E-state index contributed by atoms with van der Waals surface area (Å²) in [4.78, 5) is 20.9. The van der Waals surface area contributed by atoms with Gasteiger partial charge >= 0.3 is 5.69 Å². The van der Waals surface area contributed by atoms with E-state index < -0.39 is 0 Å². The fourth-order valence-corrected chi connectivity index (χ4v) is 2.62. The second-order valence-electron chi connectivity index (χ2n) is 5.68. The molecule has 0 bridgehead atoms. The van der Waals surface area contributed by atoms with Crippen molar-refractivity contribution in [1.29, 1.82) is 0 Å². The lowest BCUT2D eigenvalue weighted by Gasteiger charge is -2.14. The van der Waals surface area contributed by atoms with Crippen LogP contribution in [0.1, 0.15) is 18.1 Å². The molecule has 0 radical (unpaired) electrons. The van der Waals surface area contributed by atoms with E-state index in [1.165, 1.54) is 0 Å². The number of rotatable bonds is 6. The minimum absolute atomic E-state index is 0.267. The second kappa shape index (κ2) is 7.72. The van der Waals surface area contributed by atoms with Crippen LogP contribution in [0.4, 0.5) is 5.95 Å². The lowest BCUT2D eigenvalue weighted by molar-refractivity contribution is 0.679. The average molecular weight is 335 g/mol. The highest BCUT2D eigenvalue weighted by atomic mass is 16.1. The highest BCUT2D eigenvalue weighted by Crippen LogP contribution is 2.20. The summed E-state index contributed by atoms with van der Waals surface area (Å²) >= 11 is 0. The van der Waals surface area contributed by atoms with Crippen LogP contribution in [0.2, 0.25) is 0 Å². The summed E-state index contributed by atoms with van der Waals surface area (Å²) < 4.78 is 1.57. The Hall–Kier alpha value is -2.99. The fourth-order valence-electron chi connectivity index (χ4n) is 2.62. The normalized spacial score (nSPS) is 10.6. The number of hydrogen-bond donors (Lipinski definition) is 2. The van der Waals surface area contributed by atoms with Crippen LogP contribution in [0, 0.1) is 6.92 Å². The molecule has 0 amide bonds. The molecule has 0 aliphatic heterocycles. The zero-order chi connectivity index (χ0) is 17.6. The number of hydrazine groups is 1. The Labute approximate surface area is 146 Å². The van der Waals surface area contributed by atoms with E-state index in [1.54, 1.807) is 4.57 Å². The fraction of sp³-hybridized carbons (Fsp3) is 0.211. The maximum Gasteiger partial charge on any atom is 0.352 e. The molecule has 0 saturated carbocycles. The van der Waals surface area contributed by atoms with Crippen molar-refractivity contribution in [3.8, 4) is 11.4 Å². The topological polar surface area (TPSA) is 71.8 Å². The SMILES string of the molecule is CCn1c(-c2ccccc2C)nc(NNCc2ccccc2)nc1=O. The summed E-state index contributed by atoms with van der Waals surface area (Å²) in [5, 5.41) is 0. The Morgan fingerprint density at radius 2 is 1.72 bits per heavy atom. The van der Waals surface area contributed by atoms with Crippen LogP contribution in [-0.4, -0.2) is 14.5 Å². The third-order valence-corrected chi connectivity index (χ3v) is 3.94. The van der Waals surface area contributed by atoms with E-state index in [4.69, 9.17) is 0 Å². The first-order chi connectivity index (χ1) is 12.2. The Kier molecular flexibility index (Phi) is 5.20. The highest BCUT2D eigenvalue weighted by Gasteiger charge is 2.12. The number of nitrogens with zero attached hydrogens (tertiary/aromatic N) is 3. The van der Waals surface area contributed by atoms with Crippen molar-refractivity contribution in [3.63, 3.8) is 0 Å². The van der Waals surface area contributed by atoms with Gasteiger partial charge in [0.05, 0.1) is 0 Å². The molecule has 25 heavy (non-hydrogen) atoms. The number of anilines is 1. The Morgan fingerprint density at radius 1 is 1.00 bits per heavy atom. The van der Waals surface area contributed by atoms with Crippen LogP contribution in [0.25, 0.3) is 11.4 Å². The first-order valence-electron chi connectivity index (χ1n) is 8.26. The summed E-state index contributed by atoms with van der Waals surface area (Å²) in [5.41, 5.74) is 8.77. The van der Waals surface area contributed by atoms with Crippen LogP contribution in [-0.2, 0) is 13.1 Å². The van der Waals surface area contributed by atoms with Crippen molar-refractivity contribution in [1.82, 2.24) is 20.0 Å². The minimum Gasteiger partial charge on any atom is -0.289 e. The molecule has 3 aromatic rings. The first-order valence-corrected chi connectivity index (χ1v) is 8.26. The lowest BCUT2D eigenvalue weighted by atomic mass is 10.1. The molecular weight excluding hydrogens is 314 g/mol. The van der Waals surface area contributed by atoms with Gasteiger partial charge in [0.25, 0.3) is 0 Å². The molecular formula is C19H21N5O. The van der Waals surface area contributed by atoms with E-state index in [9.17, 15) is 4.79 Å². The van der Waals surface area contributed by atoms with Gasteiger partial charge in [-0.25, -0.2) is 10.2 Å². The molecule has 0 aliphatic rings. The maximum absolute atomic E-state index is 12.4. The zero-order valence-corrected chi connectivity index (χ0v) is 14.4. The number of aromatic nitrogens is 3. The van der Waals surface area contributed by atoms with Crippen molar-refractivity contribution in [2.24, 2.45) is 0 Å². The van der Waals surface area contributed by atoms with Gasteiger partial charge in [0.15, 0.2) is 0 Å². The van der Waals surface area contributed by atoms with Crippen molar-refractivity contribution in [2.75, 3.05) is 5.43 Å². The van der Waals surface area contributed by atoms with Crippen LogP contribution in [0.5, 0.6) is 0 Å². The van der Waals surface area contributed by atoms with E-state index in [1.807, 2.05) is 68.4 Å². The number of benzene rings is 2. The molecule has 0 unspecified atom stereocenters. The third kappa shape index (κ3) is 3.92. The second-order valence-corrected chi connectivity index (χ2v) is 5.68. The van der Waals surface area contributed by atoms with Crippen LogP contribution >= 0.6 is 0 Å². The van der Waals surface area contributed by atoms with Crippen molar-refractivity contribution >= 4 is 5.95 Å². The van der Waals surface area contributed by atoms with Gasteiger partial charge < -0.3 is 0 Å². The van der Waals surface area contributed by atoms with Gasteiger partial charge in [0.2, 0.25) is 5.95 Å². The molecule has 6 nitrogen and oxygen atoms in total. The van der Waals surface area contributed by atoms with E-state index >= 15 is 0 Å². The molecule has 128 valence electrons. The molecule has 0 spiro atoms. The van der Waals surface area contributed by atoms with Gasteiger partial charge in [0.1, 0.15) is 5.82 Å². The molecule has 1 aromatic heterocycles. The van der Waals surface area contributed by atoms with E-state index in [2.05, 4.69) is 20.8 Å². The van der Waals surface area contributed by atoms with Gasteiger partial charge in [-0.3, -0.25) is 9.99 Å². The van der Waals surface area contributed by atoms with Gasteiger partial charge in [-0.15, -0.1) is 0 Å². The summed E-state index contributed by atoms with van der Waals surface area (Å²) in [5.74, 6) is 0.883. The minimum atomic E-state index is -0.320. The predicted octanol–water partition coefficient (Wildman–Crippen LogP) is 2.75. The van der Waals surface area contributed by atoms with Crippen LogP contribution < -0.4 is 16.5 Å². The van der Waals surface area contributed by atoms with Crippen LogP contribution in [0.3, 0.4) is 0 Å². The molecule has 2 aromatic carbocycles. The van der Waals surface area contributed by atoms with Crippen molar-refractivity contribution in [2.45, 2.75) is 26.9 Å². The molecule has 0 saturated heterocycles. The van der Waals surface area contributed by atoms with Gasteiger partial charge in [-0.05, 0) is 25.0 Å². The Bertz CT molecular complexity index is 905. The molecule has 3 rings (SSSR count). The van der Waals surface area contributed by atoms with Gasteiger partial charge in [-0.2, -0.15) is 9.97 Å². The van der Waals surface area contributed by atoms with Gasteiger partial charge in [0, 0.05) is 18.7 Å². The quantitative estimate of drug-likeness (QED) is 0.678. The molecule has 6 heteroatoms. The predicted molar refractivity (Wildman–Crippen MR) is 99.0 cm³/mol. The summed E-state index contributed by atoms with van der Waals surface area (Å²) in [6.07, 6.45) is 0. The molecule has 0 aliphatic carbocycles. The first kappa shape index (κ1) is 16.9. The van der Waals surface area contributed by atoms with E-state index in [-0.39, 0.29) is 11.6 Å². The zero-order valence-electron chi connectivity index (χ0n) is 14.4. The van der Waals surface area contributed by atoms with Crippen molar-refractivity contribution < 1.29 is 0 Å². The molecule has 1 heterocycles. The number of hydrogen-bond acceptors (Lipinski definition) is 5. The summed E-state index contributed by atoms with van der Waals surface area (Å²) in [6.45, 7) is 5.02. The summed E-state index contributed by atoms with van der Waals surface area (Å²) in [7, 11) is 0. The Balaban J connectivity index is 1.86. The number of aryl methyl sites for hydroxylation is 1. The van der Waals surface area contributed by atoms with Crippen LogP contribution in [0.15, 0.2) is 59.4 Å². The van der Waals surface area contributed by atoms with Crippen molar-refractivity contribution in [3.05, 3.63) is 76.2 Å². The summed E-state index contributed by atoms with van der Waals surface area (Å²) in [6, 6.07) is 17.8.